The average Bonchev–Trinajstić information content (AvgIpc) is 3.07. The molecule has 0 unspecified atom stereocenters. The quantitative estimate of drug-likeness (QED) is 0.611. The maximum Gasteiger partial charge on any atom is 0.379 e. The molecule has 26 heavy (non-hydrogen) atoms. The molecular formula is C20H23N2O4+. The molecule has 6 nitrogen and oxygen atoms in total. The van der Waals surface area contributed by atoms with E-state index in [1.165, 1.54) is 0 Å². The molecule has 0 aliphatic carbocycles. The van der Waals surface area contributed by atoms with Crippen molar-refractivity contribution in [2.75, 3.05) is 20.3 Å². The predicted molar refractivity (Wildman–Crippen MR) is 96.9 cm³/mol. The molecule has 1 aromatic heterocycles. The Bertz CT molecular complexity index is 894. The number of rotatable bonds is 5. The fraction of sp³-hybridized carbons (Fsp3) is 0.350. The van der Waals surface area contributed by atoms with Crippen LogP contribution in [0.4, 0.5) is 0 Å². The second-order valence-corrected chi connectivity index (χ2v) is 6.12. The van der Waals surface area contributed by atoms with Crippen molar-refractivity contribution in [2.45, 2.75) is 27.3 Å². The smallest absolute Gasteiger partial charge is 0.379 e. The molecule has 136 valence electrons. The van der Waals surface area contributed by atoms with Crippen molar-refractivity contribution in [1.82, 2.24) is 4.57 Å². The SMILES string of the molecule is CCOC(=O)c1c(C)c(C(=O)OCC)n2c1C[N+](C)=C2c1ccccc1. The summed E-state index contributed by atoms with van der Waals surface area (Å²) in [5.41, 5.74) is 3.15. The zero-order valence-corrected chi connectivity index (χ0v) is 15.5. The van der Waals surface area contributed by atoms with E-state index in [4.69, 9.17) is 9.47 Å². The highest BCUT2D eigenvalue weighted by Gasteiger charge is 2.42. The number of hydrogen-bond acceptors (Lipinski definition) is 4. The number of carbonyl (C=O) groups is 2. The number of benzene rings is 1. The lowest BCUT2D eigenvalue weighted by molar-refractivity contribution is -0.508. The van der Waals surface area contributed by atoms with E-state index < -0.39 is 11.9 Å². The van der Waals surface area contributed by atoms with Crippen LogP contribution in [0.25, 0.3) is 0 Å². The van der Waals surface area contributed by atoms with Crippen molar-refractivity contribution in [3.05, 3.63) is 58.4 Å². The Morgan fingerprint density at radius 2 is 1.69 bits per heavy atom. The zero-order chi connectivity index (χ0) is 18.8. The zero-order valence-electron chi connectivity index (χ0n) is 15.5. The fourth-order valence-corrected chi connectivity index (χ4v) is 3.46. The van der Waals surface area contributed by atoms with E-state index in [2.05, 4.69) is 0 Å². The summed E-state index contributed by atoms with van der Waals surface area (Å²) in [6.07, 6.45) is 0. The fourth-order valence-electron chi connectivity index (χ4n) is 3.46. The summed E-state index contributed by atoms with van der Waals surface area (Å²) in [7, 11) is 1.94. The number of fused-ring (bicyclic) bond motifs is 1. The Morgan fingerprint density at radius 3 is 2.31 bits per heavy atom. The van der Waals surface area contributed by atoms with Crippen LogP contribution in [0.2, 0.25) is 0 Å². The first-order chi connectivity index (χ1) is 12.5. The first-order valence-electron chi connectivity index (χ1n) is 8.73. The number of aromatic nitrogens is 1. The van der Waals surface area contributed by atoms with Gasteiger partial charge in [-0.2, -0.15) is 4.57 Å². The first kappa shape index (κ1) is 17.9. The Hall–Kier alpha value is -2.89. The van der Waals surface area contributed by atoms with E-state index in [-0.39, 0.29) is 13.2 Å². The predicted octanol–water partition coefficient (Wildman–Crippen LogP) is 2.60. The highest BCUT2D eigenvalue weighted by molar-refractivity contribution is 6.07. The van der Waals surface area contributed by atoms with Crippen molar-refractivity contribution in [1.29, 1.82) is 0 Å². The molecule has 0 spiro atoms. The van der Waals surface area contributed by atoms with Gasteiger partial charge in [0.1, 0.15) is 12.1 Å². The minimum atomic E-state index is -0.439. The summed E-state index contributed by atoms with van der Waals surface area (Å²) in [6, 6.07) is 9.79. The van der Waals surface area contributed by atoms with Gasteiger partial charge in [0, 0.05) is 5.56 Å². The van der Waals surface area contributed by atoms with Crippen molar-refractivity contribution in [3.63, 3.8) is 0 Å². The molecule has 1 aliphatic rings. The summed E-state index contributed by atoms with van der Waals surface area (Å²) in [4.78, 5) is 25.2. The lowest BCUT2D eigenvalue weighted by Gasteiger charge is -2.06. The molecule has 0 amide bonds. The molecule has 0 saturated heterocycles. The Morgan fingerprint density at radius 1 is 1.08 bits per heavy atom. The van der Waals surface area contributed by atoms with Gasteiger partial charge in [-0.1, -0.05) is 18.2 Å². The summed E-state index contributed by atoms with van der Waals surface area (Å²) < 4.78 is 14.4. The van der Waals surface area contributed by atoms with Crippen LogP contribution in [-0.4, -0.2) is 47.2 Å². The Kier molecular flexibility index (Phi) is 4.93. The van der Waals surface area contributed by atoms with Crippen LogP contribution in [0.15, 0.2) is 30.3 Å². The van der Waals surface area contributed by atoms with Gasteiger partial charge in [-0.3, -0.25) is 4.58 Å². The van der Waals surface area contributed by atoms with E-state index in [1.54, 1.807) is 20.8 Å². The van der Waals surface area contributed by atoms with Crippen LogP contribution in [0, 0.1) is 6.92 Å². The maximum absolute atomic E-state index is 12.7. The lowest BCUT2D eigenvalue weighted by Crippen LogP contribution is -2.23. The van der Waals surface area contributed by atoms with Gasteiger partial charge in [-0.15, -0.1) is 0 Å². The first-order valence-corrected chi connectivity index (χ1v) is 8.73. The Labute approximate surface area is 152 Å². The van der Waals surface area contributed by atoms with Crippen LogP contribution in [0.3, 0.4) is 0 Å². The number of ether oxygens (including phenoxy) is 2. The standard InChI is InChI=1S/C20H23N2O4/c1-5-25-19(23)16-13(3)17(20(24)26-6-2)22-15(16)12-21(4)18(22)14-10-8-7-9-11-14/h7-11H,5-6,12H2,1-4H3/q+1. The van der Waals surface area contributed by atoms with Gasteiger partial charge in [-0.05, 0) is 32.9 Å². The van der Waals surface area contributed by atoms with Crippen LogP contribution >= 0.6 is 0 Å². The molecule has 6 heteroatoms. The summed E-state index contributed by atoms with van der Waals surface area (Å²) in [5.74, 6) is -0.000147. The third-order valence-corrected chi connectivity index (χ3v) is 4.45. The topological polar surface area (TPSA) is 60.5 Å². The van der Waals surface area contributed by atoms with Gasteiger partial charge in [0.25, 0.3) is 5.84 Å². The Balaban J connectivity index is 2.25. The maximum atomic E-state index is 12.7. The van der Waals surface area contributed by atoms with E-state index in [9.17, 15) is 9.59 Å². The molecular weight excluding hydrogens is 332 g/mol. The van der Waals surface area contributed by atoms with Crippen LogP contribution in [0.5, 0.6) is 0 Å². The van der Waals surface area contributed by atoms with Crippen LogP contribution in [0.1, 0.15) is 51.5 Å². The minimum absolute atomic E-state index is 0.268. The van der Waals surface area contributed by atoms with E-state index in [1.807, 2.05) is 46.5 Å². The van der Waals surface area contributed by atoms with E-state index in [0.29, 0.717) is 23.4 Å². The monoisotopic (exact) mass is 355 g/mol. The third-order valence-electron chi connectivity index (χ3n) is 4.45. The number of carbonyl (C=O) groups excluding carboxylic acids is 2. The molecule has 3 rings (SSSR count). The minimum Gasteiger partial charge on any atom is -0.462 e. The molecule has 0 radical (unpaired) electrons. The molecule has 0 atom stereocenters. The molecule has 0 N–H and O–H groups in total. The molecule has 0 fully saturated rings. The van der Waals surface area contributed by atoms with Crippen molar-refractivity contribution in [2.24, 2.45) is 0 Å². The van der Waals surface area contributed by atoms with Gasteiger partial charge in [0.05, 0.1) is 25.8 Å². The van der Waals surface area contributed by atoms with Crippen molar-refractivity contribution >= 4 is 17.8 Å². The van der Waals surface area contributed by atoms with Gasteiger partial charge in [-0.25, -0.2) is 9.59 Å². The van der Waals surface area contributed by atoms with E-state index >= 15 is 0 Å². The van der Waals surface area contributed by atoms with Crippen LogP contribution in [-0.2, 0) is 16.0 Å². The second kappa shape index (κ2) is 7.15. The van der Waals surface area contributed by atoms with Gasteiger partial charge in [0.15, 0.2) is 5.69 Å². The molecule has 1 aliphatic heterocycles. The lowest BCUT2D eigenvalue weighted by atomic mass is 10.1. The van der Waals surface area contributed by atoms with Gasteiger partial charge in [0.2, 0.25) is 5.69 Å². The molecule has 0 bridgehead atoms. The molecule has 1 aromatic carbocycles. The summed E-state index contributed by atoms with van der Waals surface area (Å²) in [6.45, 7) is 6.36. The highest BCUT2D eigenvalue weighted by atomic mass is 16.5. The number of esters is 2. The molecule has 2 aromatic rings. The normalized spacial score (nSPS) is 12.9. The third kappa shape index (κ3) is 2.81. The average molecular weight is 355 g/mol. The van der Waals surface area contributed by atoms with Crippen LogP contribution < -0.4 is 0 Å². The number of nitrogens with zero attached hydrogens (tertiary/aromatic N) is 2. The van der Waals surface area contributed by atoms with Crippen molar-refractivity contribution in [3.8, 4) is 0 Å². The van der Waals surface area contributed by atoms with Gasteiger partial charge < -0.3 is 9.47 Å². The summed E-state index contributed by atoms with van der Waals surface area (Å²) >= 11 is 0. The van der Waals surface area contributed by atoms with Crippen molar-refractivity contribution < 1.29 is 23.6 Å². The second-order valence-electron chi connectivity index (χ2n) is 6.12. The highest BCUT2D eigenvalue weighted by Crippen LogP contribution is 2.30. The van der Waals surface area contributed by atoms with Gasteiger partial charge >= 0.3 is 11.9 Å². The van der Waals surface area contributed by atoms with E-state index in [0.717, 1.165) is 17.1 Å². The molecule has 2 heterocycles. The largest absolute Gasteiger partial charge is 0.462 e. The molecule has 0 saturated carbocycles. The number of hydrogen-bond donors (Lipinski definition) is 0. The summed E-state index contributed by atoms with van der Waals surface area (Å²) in [5, 5.41) is 0.